The van der Waals surface area contributed by atoms with Crippen LogP contribution in [-0.4, -0.2) is 0 Å². The van der Waals surface area contributed by atoms with E-state index in [0.717, 1.165) is 6.42 Å². The van der Waals surface area contributed by atoms with Crippen LogP contribution in [0.3, 0.4) is 0 Å². The van der Waals surface area contributed by atoms with E-state index < -0.39 is 0 Å². The van der Waals surface area contributed by atoms with Gasteiger partial charge in [-0.2, -0.15) is 0 Å². The SMILES string of the molecule is CCC(c1ccccc1)C(N)c1cc(Br)c(C)s1. The molecule has 1 aromatic heterocycles. The van der Waals surface area contributed by atoms with E-state index in [0.29, 0.717) is 5.92 Å². The summed E-state index contributed by atoms with van der Waals surface area (Å²) in [5.41, 5.74) is 7.78. The van der Waals surface area contributed by atoms with E-state index in [1.807, 2.05) is 6.07 Å². The second kappa shape index (κ2) is 6.00. The van der Waals surface area contributed by atoms with Crippen molar-refractivity contribution >= 4 is 27.3 Å². The molecule has 2 unspecified atom stereocenters. The highest BCUT2D eigenvalue weighted by Gasteiger charge is 2.21. The Morgan fingerprint density at radius 2 is 1.94 bits per heavy atom. The molecule has 2 aromatic rings. The number of hydrogen-bond acceptors (Lipinski definition) is 2. The molecule has 0 aliphatic heterocycles. The summed E-state index contributed by atoms with van der Waals surface area (Å²) in [7, 11) is 0. The van der Waals surface area contributed by atoms with Crippen molar-refractivity contribution in [2.75, 3.05) is 0 Å². The van der Waals surface area contributed by atoms with Gasteiger partial charge in [-0.25, -0.2) is 0 Å². The molecule has 2 rings (SSSR count). The predicted octanol–water partition coefficient (Wildman–Crippen LogP) is 5.01. The van der Waals surface area contributed by atoms with Gasteiger partial charge in [-0.3, -0.25) is 0 Å². The van der Waals surface area contributed by atoms with E-state index in [2.05, 4.69) is 60.1 Å². The summed E-state index contributed by atoms with van der Waals surface area (Å²) in [4.78, 5) is 2.55. The Balaban J connectivity index is 2.28. The number of benzene rings is 1. The van der Waals surface area contributed by atoms with E-state index in [4.69, 9.17) is 5.73 Å². The second-order valence-corrected chi connectivity index (χ2v) is 6.65. The van der Waals surface area contributed by atoms with Crippen LogP contribution in [0.15, 0.2) is 40.9 Å². The normalized spacial score (nSPS) is 14.4. The third-order valence-electron chi connectivity index (χ3n) is 3.31. The molecule has 0 saturated carbocycles. The van der Waals surface area contributed by atoms with Gasteiger partial charge in [0.15, 0.2) is 0 Å². The smallest absolute Gasteiger partial charge is 0.0459 e. The van der Waals surface area contributed by atoms with Crippen molar-refractivity contribution in [1.82, 2.24) is 0 Å². The van der Waals surface area contributed by atoms with Gasteiger partial charge in [-0.15, -0.1) is 11.3 Å². The largest absolute Gasteiger partial charge is 0.323 e. The molecule has 0 bridgehead atoms. The lowest BCUT2D eigenvalue weighted by Crippen LogP contribution is -2.18. The second-order valence-electron chi connectivity index (χ2n) is 4.50. The Kier molecular flexibility index (Phi) is 4.60. The molecule has 96 valence electrons. The van der Waals surface area contributed by atoms with Crippen molar-refractivity contribution in [2.24, 2.45) is 5.73 Å². The van der Waals surface area contributed by atoms with Crippen LogP contribution in [0.5, 0.6) is 0 Å². The van der Waals surface area contributed by atoms with Crippen molar-refractivity contribution in [3.8, 4) is 0 Å². The molecule has 0 aliphatic carbocycles. The molecule has 0 aliphatic rings. The minimum atomic E-state index is 0.0763. The van der Waals surface area contributed by atoms with Gasteiger partial charge in [0, 0.05) is 26.2 Å². The predicted molar refractivity (Wildman–Crippen MR) is 83.2 cm³/mol. The monoisotopic (exact) mass is 323 g/mol. The van der Waals surface area contributed by atoms with Crippen LogP contribution in [0.25, 0.3) is 0 Å². The third-order valence-corrected chi connectivity index (χ3v) is 5.54. The number of thiophene rings is 1. The van der Waals surface area contributed by atoms with Gasteiger partial charge in [-0.05, 0) is 40.9 Å². The van der Waals surface area contributed by atoms with E-state index >= 15 is 0 Å². The molecule has 0 spiro atoms. The zero-order chi connectivity index (χ0) is 13.1. The maximum atomic E-state index is 6.45. The topological polar surface area (TPSA) is 26.0 Å². The Morgan fingerprint density at radius 3 is 2.44 bits per heavy atom. The number of nitrogens with two attached hydrogens (primary N) is 1. The summed E-state index contributed by atoms with van der Waals surface area (Å²) >= 11 is 5.36. The highest BCUT2D eigenvalue weighted by Crippen LogP contribution is 2.37. The van der Waals surface area contributed by atoms with Crippen LogP contribution < -0.4 is 5.73 Å². The molecular formula is C15H18BrNS. The summed E-state index contributed by atoms with van der Waals surface area (Å²) in [6, 6.07) is 12.8. The van der Waals surface area contributed by atoms with Crippen molar-refractivity contribution in [3.63, 3.8) is 0 Å². The fourth-order valence-electron chi connectivity index (χ4n) is 2.24. The van der Waals surface area contributed by atoms with E-state index in [1.54, 1.807) is 11.3 Å². The van der Waals surface area contributed by atoms with E-state index in [1.165, 1.54) is 19.8 Å². The van der Waals surface area contributed by atoms with Gasteiger partial charge in [0.25, 0.3) is 0 Å². The summed E-state index contributed by atoms with van der Waals surface area (Å²) in [5.74, 6) is 0.385. The van der Waals surface area contributed by atoms with Gasteiger partial charge in [0.1, 0.15) is 0 Å². The number of halogens is 1. The fraction of sp³-hybridized carbons (Fsp3) is 0.333. The van der Waals surface area contributed by atoms with Gasteiger partial charge >= 0.3 is 0 Å². The molecule has 0 saturated heterocycles. The molecule has 1 heterocycles. The Morgan fingerprint density at radius 1 is 1.28 bits per heavy atom. The van der Waals surface area contributed by atoms with Crippen LogP contribution in [0.1, 0.15) is 40.6 Å². The molecule has 2 N–H and O–H groups in total. The van der Waals surface area contributed by atoms with Crippen molar-refractivity contribution < 1.29 is 0 Å². The first kappa shape index (κ1) is 13.8. The minimum Gasteiger partial charge on any atom is -0.323 e. The molecular weight excluding hydrogens is 306 g/mol. The zero-order valence-electron chi connectivity index (χ0n) is 10.7. The molecule has 0 radical (unpaired) electrons. The van der Waals surface area contributed by atoms with Crippen molar-refractivity contribution in [3.05, 3.63) is 56.2 Å². The van der Waals surface area contributed by atoms with Crippen molar-refractivity contribution in [2.45, 2.75) is 32.2 Å². The molecule has 1 aromatic carbocycles. The Bertz CT molecular complexity index is 487. The van der Waals surface area contributed by atoms with Gasteiger partial charge in [-0.1, -0.05) is 37.3 Å². The van der Waals surface area contributed by atoms with E-state index in [9.17, 15) is 0 Å². The quantitative estimate of drug-likeness (QED) is 0.840. The number of rotatable bonds is 4. The lowest BCUT2D eigenvalue weighted by atomic mass is 9.89. The summed E-state index contributed by atoms with van der Waals surface area (Å²) in [6.07, 6.45) is 1.06. The number of aryl methyl sites for hydroxylation is 1. The molecule has 1 nitrogen and oxygen atoms in total. The minimum absolute atomic E-state index is 0.0763. The molecule has 2 atom stereocenters. The standard InChI is InChI=1S/C15H18BrNS/c1-3-12(11-7-5-4-6-8-11)15(17)14-9-13(16)10(2)18-14/h4-9,12,15H,3,17H2,1-2H3. The van der Waals surface area contributed by atoms with Gasteiger partial charge in [0.05, 0.1) is 0 Å². The van der Waals surface area contributed by atoms with Crippen LogP contribution in [0, 0.1) is 6.92 Å². The van der Waals surface area contributed by atoms with Crippen LogP contribution in [0.2, 0.25) is 0 Å². The van der Waals surface area contributed by atoms with Gasteiger partial charge in [0.2, 0.25) is 0 Å². The van der Waals surface area contributed by atoms with Crippen LogP contribution in [0.4, 0.5) is 0 Å². The third kappa shape index (κ3) is 2.85. The average Bonchev–Trinajstić information content (AvgIpc) is 2.72. The Hall–Kier alpha value is -0.640. The Labute approximate surface area is 121 Å². The summed E-state index contributed by atoms with van der Waals surface area (Å²) in [5, 5.41) is 0. The lowest BCUT2D eigenvalue weighted by Gasteiger charge is -2.22. The molecule has 0 amide bonds. The highest BCUT2D eigenvalue weighted by molar-refractivity contribution is 9.10. The molecule has 3 heteroatoms. The summed E-state index contributed by atoms with van der Waals surface area (Å²) < 4.78 is 1.17. The maximum Gasteiger partial charge on any atom is 0.0459 e. The molecule has 18 heavy (non-hydrogen) atoms. The zero-order valence-corrected chi connectivity index (χ0v) is 13.1. The number of hydrogen-bond donors (Lipinski definition) is 1. The first-order valence-electron chi connectivity index (χ1n) is 6.19. The average molecular weight is 324 g/mol. The van der Waals surface area contributed by atoms with Crippen LogP contribution in [-0.2, 0) is 0 Å². The van der Waals surface area contributed by atoms with Gasteiger partial charge < -0.3 is 5.73 Å². The lowest BCUT2D eigenvalue weighted by molar-refractivity contribution is 0.546. The fourth-order valence-corrected chi connectivity index (χ4v) is 3.87. The van der Waals surface area contributed by atoms with Crippen molar-refractivity contribution in [1.29, 1.82) is 0 Å². The first-order chi connectivity index (χ1) is 8.63. The first-order valence-corrected chi connectivity index (χ1v) is 7.80. The molecule has 0 fully saturated rings. The highest BCUT2D eigenvalue weighted by atomic mass is 79.9. The van der Waals surface area contributed by atoms with Crippen LogP contribution >= 0.6 is 27.3 Å². The maximum absolute atomic E-state index is 6.45. The summed E-state index contributed by atoms with van der Waals surface area (Å²) in [6.45, 7) is 4.32. The van der Waals surface area contributed by atoms with E-state index in [-0.39, 0.29) is 6.04 Å².